The molecule has 0 saturated heterocycles. The van der Waals surface area contributed by atoms with Crippen LogP contribution >= 0.6 is 15.9 Å². The van der Waals surface area contributed by atoms with E-state index in [0.717, 1.165) is 45.3 Å². The van der Waals surface area contributed by atoms with Gasteiger partial charge in [-0.1, -0.05) is 36.0 Å². The molecule has 2 aromatic carbocycles. The Labute approximate surface area is 166 Å². The number of carbonyl (C=O) groups excluding carboxylic acids is 2. The average Bonchev–Trinajstić information content (AvgIpc) is 3.21. The summed E-state index contributed by atoms with van der Waals surface area (Å²) < 4.78 is 12.3. The highest BCUT2D eigenvalue weighted by atomic mass is 79.9. The molecule has 3 unspecified atom stereocenters. The van der Waals surface area contributed by atoms with Crippen molar-refractivity contribution in [3.8, 4) is 11.5 Å². The van der Waals surface area contributed by atoms with Gasteiger partial charge >= 0.3 is 11.9 Å². The lowest BCUT2D eigenvalue weighted by molar-refractivity contribution is -0.130. The third-order valence-corrected chi connectivity index (χ3v) is 6.14. The maximum Gasteiger partial charge on any atom is 0.335 e. The van der Waals surface area contributed by atoms with Gasteiger partial charge in [0, 0.05) is 38.5 Å². The van der Waals surface area contributed by atoms with Crippen molar-refractivity contribution < 1.29 is 19.1 Å². The van der Waals surface area contributed by atoms with Gasteiger partial charge in [-0.25, -0.2) is 9.59 Å². The number of fused-ring (bicyclic) bond motifs is 6. The van der Waals surface area contributed by atoms with Gasteiger partial charge in [-0.05, 0) is 48.8 Å². The fraction of sp³-hybridized carbons (Fsp3) is 0.273. The average molecular weight is 427 g/mol. The van der Waals surface area contributed by atoms with Crippen LogP contribution in [0.5, 0.6) is 11.5 Å². The predicted octanol–water partition coefficient (Wildman–Crippen LogP) is 5.40. The van der Waals surface area contributed by atoms with Gasteiger partial charge in [-0.15, -0.1) is 0 Å². The molecule has 0 aliphatic heterocycles. The molecule has 2 aromatic rings. The summed E-state index contributed by atoms with van der Waals surface area (Å²) in [5.41, 5.74) is 1.99. The third-order valence-electron chi connectivity index (χ3n) is 5.65. The Balaban J connectivity index is 2.07. The number of rotatable bonds is 4. The molecule has 1 fully saturated rings. The van der Waals surface area contributed by atoms with Crippen molar-refractivity contribution in [2.45, 2.75) is 31.6 Å². The van der Waals surface area contributed by atoms with Gasteiger partial charge in [-0.2, -0.15) is 0 Å². The lowest BCUT2D eigenvalue weighted by atomic mass is 9.82. The highest BCUT2D eigenvalue weighted by molar-refractivity contribution is 9.10. The largest absolute Gasteiger partial charge is 0.422 e. The second-order valence-corrected chi connectivity index (χ2v) is 8.09. The smallest absolute Gasteiger partial charge is 0.335 e. The number of hydrogen-bond acceptors (Lipinski definition) is 4. The van der Waals surface area contributed by atoms with Crippen LogP contribution in [0.25, 0.3) is 10.8 Å². The summed E-state index contributed by atoms with van der Waals surface area (Å²) >= 11 is 3.49. The van der Waals surface area contributed by atoms with Crippen molar-refractivity contribution >= 4 is 38.6 Å². The summed E-state index contributed by atoms with van der Waals surface area (Å²) in [5, 5.41) is 1.49. The third kappa shape index (κ3) is 2.81. The van der Waals surface area contributed by atoms with Crippen molar-refractivity contribution in [2.75, 3.05) is 0 Å². The number of carbonyl (C=O) groups is 2. The zero-order chi connectivity index (χ0) is 19.3. The van der Waals surface area contributed by atoms with E-state index in [-0.39, 0.29) is 11.8 Å². The van der Waals surface area contributed by atoms with Crippen LogP contribution < -0.4 is 9.47 Å². The summed E-state index contributed by atoms with van der Waals surface area (Å²) in [7, 11) is 0. The summed E-state index contributed by atoms with van der Waals surface area (Å²) in [6.45, 7) is 9.24. The van der Waals surface area contributed by atoms with Crippen molar-refractivity contribution in [2.24, 2.45) is 5.92 Å². The summed E-state index contributed by atoms with van der Waals surface area (Å²) in [4.78, 5) is 24.1. The molecule has 0 N–H and O–H groups in total. The van der Waals surface area contributed by atoms with E-state index in [0.29, 0.717) is 17.4 Å². The first-order chi connectivity index (χ1) is 12.9. The molecule has 138 valence electrons. The van der Waals surface area contributed by atoms with Crippen molar-refractivity contribution in [1.29, 1.82) is 0 Å². The monoisotopic (exact) mass is 426 g/mol. The molecular formula is C22H19BrO4. The Morgan fingerprint density at radius 3 is 2.30 bits per heavy atom. The van der Waals surface area contributed by atoms with E-state index >= 15 is 0 Å². The van der Waals surface area contributed by atoms with Gasteiger partial charge in [-0.3, -0.25) is 0 Å². The Kier molecular flexibility index (Phi) is 4.42. The van der Waals surface area contributed by atoms with E-state index in [4.69, 9.17) is 9.47 Å². The topological polar surface area (TPSA) is 52.6 Å². The Bertz CT molecular complexity index is 1010. The molecule has 4 rings (SSSR count). The molecule has 27 heavy (non-hydrogen) atoms. The molecule has 5 heteroatoms. The van der Waals surface area contributed by atoms with Crippen LogP contribution in [-0.2, 0) is 9.59 Å². The van der Waals surface area contributed by atoms with E-state index in [1.54, 1.807) is 0 Å². The number of esters is 2. The summed E-state index contributed by atoms with van der Waals surface area (Å²) in [5.74, 6) is 1.19. The number of ether oxygens (including phenoxy) is 2. The van der Waals surface area contributed by atoms with Crippen molar-refractivity contribution in [1.82, 2.24) is 0 Å². The molecule has 3 atom stereocenters. The first kappa shape index (κ1) is 18.0. The van der Waals surface area contributed by atoms with Gasteiger partial charge in [0.15, 0.2) is 0 Å². The highest BCUT2D eigenvalue weighted by Gasteiger charge is 2.47. The minimum atomic E-state index is -0.495. The lowest BCUT2D eigenvalue weighted by Gasteiger charge is -2.27. The molecule has 4 nitrogen and oxygen atoms in total. The van der Waals surface area contributed by atoms with Crippen LogP contribution in [0, 0.1) is 5.92 Å². The van der Waals surface area contributed by atoms with Gasteiger partial charge in [0.1, 0.15) is 11.5 Å². The van der Waals surface area contributed by atoms with E-state index in [9.17, 15) is 9.59 Å². The lowest BCUT2D eigenvalue weighted by Crippen LogP contribution is -2.15. The second kappa shape index (κ2) is 6.64. The Morgan fingerprint density at radius 1 is 1.04 bits per heavy atom. The molecule has 2 aliphatic rings. The number of benzene rings is 2. The second-order valence-electron chi connectivity index (χ2n) is 7.18. The predicted molar refractivity (Wildman–Crippen MR) is 107 cm³/mol. The fourth-order valence-corrected chi connectivity index (χ4v) is 4.96. The molecular weight excluding hydrogens is 408 g/mol. The van der Waals surface area contributed by atoms with Gasteiger partial charge < -0.3 is 9.47 Å². The molecule has 0 radical (unpaired) electrons. The number of hydrogen-bond donors (Lipinski definition) is 0. The molecule has 0 amide bonds. The van der Waals surface area contributed by atoms with Gasteiger partial charge in [0.25, 0.3) is 0 Å². The molecule has 1 saturated carbocycles. The maximum atomic E-state index is 12.0. The highest BCUT2D eigenvalue weighted by Crippen LogP contribution is 2.63. The minimum absolute atomic E-state index is 0.284. The van der Waals surface area contributed by atoms with Crippen molar-refractivity contribution in [3.05, 3.63) is 59.1 Å². The van der Waals surface area contributed by atoms with Crippen molar-refractivity contribution in [3.63, 3.8) is 0 Å². The zero-order valence-corrected chi connectivity index (χ0v) is 16.5. The molecule has 0 spiro atoms. The zero-order valence-electron chi connectivity index (χ0n) is 15.0. The van der Waals surface area contributed by atoms with E-state index in [1.165, 1.54) is 6.08 Å². The first-order valence-electron chi connectivity index (χ1n) is 8.92. The van der Waals surface area contributed by atoms with Crippen LogP contribution in [0.15, 0.2) is 48.0 Å². The van der Waals surface area contributed by atoms with E-state index < -0.39 is 11.9 Å². The van der Waals surface area contributed by atoms with Crippen LogP contribution in [-0.4, -0.2) is 11.9 Å². The SMILES string of the molecule is C=CC(=O)Oc1c2c(c(OC(=O)C=C)c3ccc(Br)cc13)C1CC2CC1C. The van der Waals surface area contributed by atoms with E-state index in [2.05, 4.69) is 36.0 Å². The van der Waals surface area contributed by atoms with E-state index in [1.807, 2.05) is 18.2 Å². The minimum Gasteiger partial charge on any atom is -0.422 e. The molecule has 2 aliphatic carbocycles. The first-order valence-corrected chi connectivity index (χ1v) is 9.71. The Hall–Kier alpha value is -2.40. The summed E-state index contributed by atoms with van der Waals surface area (Å²) in [6.07, 6.45) is 4.34. The quantitative estimate of drug-likeness (QED) is 0.373. The normalized spacial score (nSPS) is 22.4. The van der Waals surface area contributed by atoms with Gasteiger partial charge in [0.2, 0.25) is 0 Å². The number of halogens is 1. The molecule has 0 heterocycles. The van der Waals surface area contributed by atoms with Crippen LogP contribution in [0.1, 0.15) is 42.7 Å². The van der Waals surface area contributed by atoms with Gasteiger partial charge in [0.05, 0.1) is 0 Å². The van der Waals surface area contributed by atoms with Crippen LogP contribution in [0.4, 0.5) is 0 Å². The molecule has 2 bridgehead atoms. The fourth-order valence-electron chi connectivity index (χ4n) is 4.60. The summed E-state index contributed by atoms with van der Waals surface area (Å²) in [6, 6.07) is 5.66. The standard InChI is InChI=1S/C22H19BrO4/c1-4-17(24)26-21-14-7-6-13(23)10-16(14)22(27-18(25)5-2)19-12-8-11(3)15(9-12)20(19)21/h4-7,10-12,15H,1-2,8-9H2,3H3. The maximum absolute atomic E-state index is 12.0. The van der Waals surface area contributed by atoms with Crippen LogP contribution in [0.3, 0.4) is 0 Å². The molecule has 0 aromatic heterocycles. The Morgan fingerprint density at radius 2 is 1.67 bits per heavy atom. The van der Waals surface area contributed by atoms with Crippen LogP contribution in [0.2, 0.25) is 0 Å².